The van der Waals surface area contributed by atoms with Crippen molar-refractivity contribution >= 4 is 0 Å². The van der Waals surface area contributed by atoms with Gasteiger partial charge in [-0.2, -0.15) is 5.26 Å². The Labute approximate surface area is 89.9 Å². The zero-order chi connectivity index (χ0) is 11.4. The summed E-state index contributed by atoms with van der Waals surface area (Å²) in [4.78, 5) is 1.89. The topological polar surface area (TPSA) is 27.0 Å². The van der Waals surface area contributed by atoms with Crippen LogP contribution in [0, 0.1) is 24.1 Å². The van der Waals surface area contributed by atoms with E-state index in [1.165, 1.54) is 12.1 Å². The van der Waals surface area contributed by atoms with E-state index in [2.05, 4.69) is 6.07 Å². The smallest absolute Gasteiger partial charge is 0.123 e. The molecule has 0 aliphatic heterocycles. The monoisotopic (exact) mass is 206 g/mol. The van der Waals surface area contributed by atoms with Crippen LogP contribution >= 0.6 is 0 Å². The lowest BCUT2D eigenvalue weighted by Crippen LogP contribution is -2.27. The Morgan fingerprint density at radius 2 is 2.20 bits per heavy atom. The predicted octanol–water partition coefficient (Wildman–Crippen LogP) is 2.48. The summed E-state index contributed by atoms with van der Waals surface area (Å²) in [6, 6.07) is 6.73. The molecule has 1 atom stereocenters. The second-order valence-electron chi connectivity index (χ2n) is 3.79. The lowest BCUT2D eigenvalue weighted by molar-refractivity contribution is 0.293. The highest BCUT2D eigenvalue weighted by Crippen LogP contribution is 2.13. The number of rotatable bonds is 3. The summed E-state index contributed by atoms with van der Waals surface area (Å²) in [6.07, 6.45) is 0. The van der Waals surface area contributed by atoms with E-state index in [0.717, 1.165) is 11.1 Å². The van der Waals surface area contributed by atoms with E-state index in [1.54, 1.807) is 6.07 Å². The van der Waals surface area contributed by atoms with Crippen LogP contribution in [0.4, 0.5) is 4.39 Å². The maximum atomic E-state index is 13.0. The molecule has 0 saturated carbocycles. The molecule has 0 saturated heterocycles. The van der Waals surface area contributed by atoms with E-state index in [0.29, 0.717) is 6.54 Å². The quantitative estimate of drug-likeness (QED) is 0.759. The molecule has 0 spiro atoms. The number of hydrogen-bond donors (Lipinski definition) is 0. The Kier molecular flexibility index (Phi) is 3.81. The number of halogens is 1. The molecule has 3 heteroatoms. The Balaban J connectivity index is 2.81. The molecule has 1 unspecified atom stereocenters. The average molecular weight is 206 g/mol. The lowest BCUT2D eigenvalue weighted by atomic mass is 10.1. The van der Waals surface area contributed by atoms with Gasteiger partial charge >= 0.3 is 0 Å². The van der Waals surface area contributed by atoms with Gasteiger partial charge < -0.3 is 0 Å². The van der Waals surface area contributed by atoms with Gasteiger partial charge in [-0.05, 0) is 44.2 Å². The van der Waals surface area contributed by atoms with Gasteiger partial charge in [-0.15, -0.1) is 0 Å². The van der Waals surface area contributed by atoms with Crippen LogP contribution in [0.5, 0.6) is 0 Å². The van der Waals surface area contributed by atoms with Crippen molar-refractivity contribution in [3.8, 4) is 6.07 Å². The third-order valence-corrected chi connectivity index (χ3v) is 2.58. The molecular weight excluding hydrogens is 191 g/mol. The molecule has 1 aromatic rings. The molecule has 0 bridgehead atoms. The molecule has 0 aromatic heterocycles. The van der Waals surface area contributed by atoms with Gasteiger partial charge in [0.15, 0.2) is 0 Å². The molecule has 15 heavy (non-hydrogen) atoms. The maximum absolute atomic E-state index is 13.0. The summed E-state index contributed by atoms with van der Waals surface area (Å²) in [5.41, 5.74) is 1.98. The van der Waals surface area contributed by atoms with Gasteiger partial charge in [-0.3, -0.25) is 4.90 Å². The second-order valence-corrected chi connectivity index (χ2v) is 3.79. The van der Waals surface area contributed by atoms with Crippen LogP contribution in [0.3, 0.4) is 0 Å². The van der Waals surface area contributed by atoms with Crippen molar-refractivity contribution in [2.45, 2.75) is 26.4 Å². The number of aryl methyl sites for hydroxylation is 1. The van der Waals surface area contributed by atoms with Gasteiger partial charge in [0.1, 0.15) is 5.82 Å². The molecule has 0 N–H and O–H groups in total. The molecule has 0 amide bonds. The summed E-state index contributed by atoms with van der Waals surface area (Å²) in [6.45, 7) is 4.37. The summed E-state index contributed by atoms with van der Waals surface area (Å²) in [7, 11) is 1.86. The number of hydrogen-bond acceptors (Lipinski definition) is 2. The summed E-state index contributed by atoms with van der Waals surface area (Å²) in [5.74, 6) is -0.228. The molecule has 80 valence electrons. The van der Waals surface area contributed by atoms with E-state index in [9.17, 15) is 4.39 Å². The number of nitrogens with zero attached hydrogens (tertiary/aromatic N) is 2. The first kappa shape index (κ1) is 11.7. The zero-order valence-electron chi connectivity index (χ0n) is 9.29. The molecule has 0 radical (unpaired) electrons. The summed E-state index contributed by atoms with van der Waals surface area (Å²) >= 11 is 0. The van der Waals surface area contributed by atoms with Crippen molar-refractivity contribution in [1.29, 1.82) is 5.26 Å². The van der Waals surface area contributed by atoms with Crippen molar-refractivity contribution < 1.29 is 4.39 Å². The first-order valence-corrected chi connectivity index (χ1v) is 4.89. The van der Waals surface area contributed by atoms with Gasteiger partial charge in [0.05, 0.1) is 12.1 Å². The van der Waals surface area contributed by atoms with Crippen molar-refractivity contribution in [3.05, 3.63) is 35.1 Å². The Morgan fingerprint density at radius 3 is 2.80 bits per heavy atom. The van der Waals surface area contributed by atoms with Crippen molar-refractivity contribution in [1.82, 2.24) is 4.90 Å². The first-order chi connectivity index (χ1) is 7.04. The van der Waals surface area contributed by atoms with Crippen LogP contribution < -0.4 is 0 Å². The second kappa shape index (κ2) is 4.90. The molecule has 2 nitrogen and oxygen atoms in total. The molecule has 0 aliphatic rings. The standard InChI is InChI=1S/C12H15FN2/c1-9-4-5-12(13)6-11(9)8-15(3)10(2)7-14/h4-6,10H,8H2,1-3H3. The third kappa shape index (κ3) is 3.03. The normalized spacial score (nSPS) is 12.5. The fourth-order valence-electron chi connectivity index (χ4n) is 1.31. The molecule has 0 aliphatic carbocycles. The summed E-state index contributed by atoms with van der Waals surface area (Å²) in [5, 5.41) is 8.74. The average Bonchev–Trinajstić information content (AvgIpc) is 2.22. The number of benzene rings is 1. The van der Waals surface area contributed by atoms with E-state index in [1.807, 2.05) is 25.8 Å². The van der Waals surface area contributed by atoms with Gasteiger partial charge in [-0.25, -0.2) is 4.39 Å². The predicted molar refractivity (Wildman–Crippen MR) is 57.7 cm³/mol. The Morgan fingerprint density at radius 1 is 1.53 bits per heavy atom. The van der Waals surface area contributed by atoms with E-state index in [-0.39, 0.29) is 11.9 Å². The molecule has 0 fully saturated rings. The van der Waals surface area contributed by atoms with Crippen LogP contribution in [0.25, 0.3) is 0 Å². The highest BCUT2D eigenvalue weighted by atomic mass is 19.1. The number of nitriles is 1. The summed E-state index contributed by atoms with van der Waals surface area (Å²) < 4.78 is 13.0. The van der Waals surface area contributed by atoms with Gasteiger partial charge in [0.2, 0.25) is 0 Å². The van der Waals surface area contributed by atoms with Gasteiger partial charge in [0, 0.05) is 6.54 Å². The minimum atomic E-state index is -0.228. The van der Waals surface area contributed by atoms with Crippen LogP contribution in [-0.2, 0) is 6.54 Å². The van der Waals surface area contributed by atoms with Crippen LogP contribution in [-0.4, -0.2) is 18.0 Å². The fourth-order valence-corrected chi connectivity index (χ4v) is 1.31. The maximum Gasteiger partial charge on any atom is 0.123 e. The van der Waals surface area contributed by atoms with E-state index < -0.39 is 0 Å². The van der Waals surface area contributed by atoms with Crippen molar-refractivity contribution in [3.63, 3.8) is 0 Å². The minimum Gasteiger partial charge on any atom is -0.287 e. The van der Waals surface area contributed by atoms with E-state index in [4.69, 9.17) is 5.26 Å². The van der Waals surface area contributed by atoms with Gasteiger partial charge in [0.25, 0.3) is 0 Å². The van der Waals surface area contributed by atoms with Crippen LogP contribution in [0.1, 0.15) is 18.1 Å². The molecular formula is C12H15FN2. The van der Waals surface area contributed by atoms with Crippen molar-refractivity contribution in [2.75, 3.05) is 7.05 Å². The Bertz CT molecular complexity index is 382. The van der Waals surface area contributed by atoms with E-state index >= 15 is 0 Å². The zero-order valence-corrected chi connectivity index (χ0v) is 9.29. The lowest BCUT2D eigenvalue weighted by Gasteiger charge is -2.19. The van der Waals surface area contributed by atoms with Crippen LogP contribution in [0.2, 0.25) is 0 Å². The molecule has 0 heterocycles. The third-order valence-electron chi connectivity index (χ3n) is 2.58. The molecule has 1 aromatic carbocycles. The fraction of sp³-hybridized carbons (Fsp3) is 0.417. The highest BCUT2D eigenvalue weighted by Gasteiger charge is 2.09. The Hall–Kier alpha value is -1.40. The van der Waals surface area contributed by atoms with Crippen molar-refractivity contribution in [2.24, 2.45) is 0 Å². The minimum absolute atomic E-state index is 0.160. The molecule has 1 rings (SSSR count). The van der Waals surface area contributed by atoms with Crippen LogP contribution in [0.15, 0.2) is 18.2 Å². The first-order valence-electron chi connectivity index (χ1n) is 4.89. The SMILES string of the molecule is Cc1ccc(F)cc1CN(C)C(C)C#N. The highest BCUT2D eigenvalue weighted by molar-refractivity contribution is 5.26. The largest absolute Gasteiger partial charge is 0.287 e. The van der Waals surface area contributed by atoms with Gasteiger partial charge in [-0.1, -0.05) is 6.07 Å².